The van der Waals surface area contributed by atoms with Gasteiger partial charge in [0.25, 0.3) is 0 Å². The number of nitrogens with zero attached hydrogens (tertiary/aromatic N) is 1. The normalized spacial score (nSPS) is 19.6. The van der Waals surface area contributed by atoms with Gasteiger partial charge >= 0.3 is 0 Å². The van der Waals surface area contributed by atoms with Gasteiger partial charge in [-0.25, -0.2) is 4.39 Å². The molecular weight excluding hydrogens is 201 g/mol. The Morgan fingerprint density at radius 2 is 2.00 bits per heavy atom. The second-order valence-corrected chi connectivity index (χ2v) is 4.58. The van der Waals surface area contributed by atoms with E-state index in [1.165, 1.54) is 25.3 Å². The van der Waals surface area contributed by atoms with Gasteiger partial charge in [-0.1, -0.05) is 25.5 Å². The Labute approximate surface area is 97.3 Å². The Morgan fingerprint density at radius 3 is 2.62 bits per heavy atom. The van der Waals surface area contributed by atoms with Crippen molar-refractivity contribution in [3.63, 3.8) is 0 Å². The molecule has 0 amide bonds. The van der Waals surface area contributed by atoms with Gasteiger partial charge < -0.3 is 0 Å². The maximum atomic E-state index is 13.2. The molecule has 0 N–H and O–H groups in total. The van der Waals surface area contributed by atoms with Crippen molar-refractivity contribution in [1.29, 1.82) is 0 Å². The van der Waals surface area contributed by atoms with E-state index in [9.17, 15) is 4.39 Å². The summed E-state index contributed by atoms with van der Waals surface area (Å²) in [7, 11) is 0. The first-order valence-corrected chi connectivity index (χ1v) is 6.31. The molecular formula is C14H20FN. The fourth-order valence-electron chi connectivity index (χ4n) is 2.65. The molecule has 1 aliphatic heterocycles. The molecule has 1 heterocycles. The summed E-state index contributed by atoms with van der Waals surface area (Å²) in [6, 6.07) is 7.47. The molecule has 88 valence electrons. The van der Waals surface area contributed by atoms with Crippen LogP contribution in [0, 0.1) is 5.82 Å². The molecule has 0 aliphatic carbocycles. The molecule has 1 aromatic rings. The second-order valence-electron chi connectivity index (χ2n) is 4.58. The Bertz CT molecular complexity index is 331. The minimum Gasteiger partial charge on any atom is -0.296 e. The van der Waals surface area contributed by atoms with Gasteiger partial charge in [0.15, 0.2) is 0 Å². The zero-order valence-electron chi connectivity index (χ0n) is 9.95. The van der Waals surface area contributed by atoms with Crippen LogP contribution in [0.1, 0.15) is 44.2 Å². The van der Waals surface area contributed by atoms with Gasteiger partial charge in [0.1, 0.15) is 5.82 Å². The van der Waals surface area contributed by atoms with E-state index in [2.05, 4.69) is 11.8 Å². The second kappa shape index (κ2) is 5.44. The van der Waals surface area contributed by atoms with E-state index in [0.717, 1.165) is 25.1 Å². The summed E-state index contributed by atoms with van der Waals surface area (Å²) in [5.41, 5.74) is 1.13. The van der Waals surface area contributed by atoms with Crippen LogP contribution in [-0.2, 0) is 0 Å². The van der Waals surface area contributed by atoms with Crippen molar-refractivity contribution in [2.24, 2.45) is 0 Å². The third-order valence-corrected chi connectivity index (χ3v) is 3.45. The van der Waals surface area contributed by atoms with Crippen molar-refractivity contribution in [3.05, 3.63) is 35.6 Å². The van der Waals surface area contributed by atoms with Crippen molar-refractivity contribution in [1.82, 2.24) is 4.90 Å². The van der Waals surface area contributed by atoms with Gasteiger partial charge in [0, 0.05) is 6.04 Å². The molecule has 1 aromatic carbocycles. The first-order chi connectivity index (χ1) is 7.81. The van der Waals surface area contributed by atoms with Crippen molar-refractivity contribution in [2.75, 3.05) is 13.1 Å². The number of hydrogen-bond acceptors (Lipinski definition) is 1. The zero-order valence-corrected chi connectivity index (χ0v) is 9.95. The summed E-state index contributed by atoms with van der Waals surface area (Å²) in [5.74, 6) is -0.118. The molecule has 1 atom stereocenters. The van der Waals surface area contributed by atoms with E-state index >= 15 is 0 Å². The predicted molar refractivity (Wildman–Crippen MR) is 64.9 cm³/mol. The monoisotopic (exact) mass is 221 g/mol. The predicted octanol–water partition coefficient (Wildman–Crippen LogP) is 3.76. The number of benzene rings is 1. The number of rotatable bonds is 3. The summed E-state index contributed by atoms with van der Waals surface area (Å²) in [4.78, 5) is 2.50. The Kier molecular flexibility index (Phi) is 3.94. The van der Waals surface area contributed by atoms with E-state index in [0.29, 0.717) is 6.04 Å². The lowest BCUT2D eigenvalue weighted by molar-refractivity contribution is 0.159. The number of hydrogen-bond donors (Lipinski definition) is 0. The smallest absolute Gasteiger partial charge is 0.123 e. The van der Waals surface area contributed by atoms with E-state index in [1.807, 2.05) is 12.1 Å². The van der Waals surface area contributed by atoms with Gasteiger partial charge in [-0.15, -0.1) is 0 Å². The molecule has 0 radical (unpaired) electrons. The average Bonchev–Trinajstić information content (AvgIpc) is 2.31. The van der Waals surface area contributed by atoms with Crippen LogP contribution < -0.4 is 0 Å². The van der Waals surface area contributed by atoms with Crippen LogP contribution in [0.3, 0.4) is 0 Å². The molecule has 2 heteroatoms. The van der Waals surface area contributed by atoms with Crippen molar-refractivity contribution >= 4 is 0 Å². The minimum absolute atomic E-state index is 0.118. The summed E-state index contributed by atoms with van der Waals surface area (Å²) in [5, 5.41) is 0. The SMILES string of the molecule is CCC(c1cccc(F)c1)N1CCCCC1. The first kappa shape index (κ1) is 11.6. The Hall–Kier alpha value is -0.890. The summed E-state index contributed by atoms with van der Waals surface area (Å²) in [6.07, 6.45) is 4.97. The third kappa shape index (κ3) is 2.62. The van der Waals surface area contributed by atoms with Crippen molar-refractivity contribution < 1.29 is 4.39 Å². The zero-order chi connectivity index (χ0) is 11.4. The highest BCUT2D eigenvalue weighted by atomic mass is 19.1. The molecule has 1 nitrogen and oxygen atoms in total. The minimum atomic E-state index is -0.118. The van der Waals surface area contributed by atoms with E-state index in [1.54, 1.807) is 6.07 Å². The van der Waals surface area contributed by atoms with E-state index in [4.69, 9.17) is 0 Å². The lowest BCUT2D eigenvalue weighted by Crippen LogP contribution is -2.33. The Morgan fingerprint density at radius 1 is 1.25 bits per heavy atom. The van der Waals surface area contributed by atoms with Crippen LogP contribution >= 0.6 is 0 Å². The molecule has 2 rings (SSSR count). The molecule has 1 fully saturated rings. The summed E-state index contributed by atoms with van der Waals surface area (Å²) >= 11 is 0. The lowest BCUT2D eigenvalue weighted by atomic mass is 9.99. The van der Waals surface area contributed by atoms with Crippen LogP contribution in [0.2, 0.25) is 0 Å². The van der Waals surface area contributed by atoms with Gasteiger partial charge in [0.2, 0.25) is 0 Å². The fraction of sp³-hybridized carbons (Fsp3) is 0.571. The molecule has 1 aliphatic rings. The van der Waals surface area contributed by atoms with Crippen LogP contribution in [0.4, 0.5) is 4.39 Å². The molecule has 0 spiro atoms. The summed E-state index contributed by atoms with van der Waals surface area (Å²) in [6.45, 7) is 4.51. The number of halogens is 1. The highest BCUT2D eigenvalue weighted by Crippen LogP contribution is 2.27. The number of piperidine rings is 1. The highest BCUT2D eigenvalue weighted by Gasteiger charge is 2.20. The quantitative estimate of drug-likeness (QED) is 0.751. The average molecular weight is 221 g/mol. The maximum Gasteiger partial charge on any atom is 0.123 e. The molecule has 1 saturated heterocycles. The van der Waals surface area contributed by atoms with Gasteiger partial charge in [-0.2, -0.15) is 0 Å². The van der Waals surface area contributed by atoms with E-state index < -0.39 is 0 Å². The molecule has 16 heavy (non-hydrogen) atoms. The first-order valence-electron chi connectivity index (χ1n) is 6.31. The lowest BCUT2D eigenvalue weighted by Gasteiger charge is -2.34. The topological polar surface area (TPSA) is 3.24 Å². The summed E-state index contributed by atoms with van der Waals surface area (Å²) < 4.78 is 13.2. The van der Waals surface area contributed by atoms with Crippen molar-refractivity contribution in [2.45, 2.75) is 38.6 Å². The standard InChI is InChI=1S/C14H20FN/c1-2-14(16-9-4-3-5-10-16)12-7-6-8-13(15)11-12/h6-8,11,14H,2-5,9-10H2,1H3. The van der Waals surface area contributed by atoms with Crippen molar-refractivity contribution in [3.8, 4) is 0 Å². The largest absolute Gasteiger partial charge is 0.296 e. The van der Waals surface area contributed by atoms with Gasteiger partial charge in [-0.3, -0.25) is 4.90 Å². The van der Waals surface area contributed by atoms with Gasteiger partial charge in [0.05, 0.1) is 0 Å². The third-order valence-electron chi connectivity index (χ3n) is 3.45. The molecule has 0 saturated carbocycles. The molecule has 0 aromatic heterocycles. The van der Waals surface area contributed by atoms with E-state index in [-0.39, 0.29) is 5.82 Å². The van der Waals surface area contributed by atoms with Crippen LogP contribution in [0.15, 0.2) is 24.3 Å². The van der Waals surface area contributed by atoms with Crippen LogP contribution in [0.25, 0.3) is 0 Å². The fourth-order valence-corrected chi connectivity index (χ4v) is 2.65. The maximum absolute atomic E-state index is 13.2. The van der Waals surface area contributed by atoms with Gasteiger partial charge in [-0.05, 0) is 50.0 Å². The van der Waals surface area contributed by atoms with Crippen LogP contribution in [-0.4, -0.2) is 18.0 Å². The van der Waals surface area contributed by atoms with Crippen LogP contribution in [0.5, 0.6) is 0 Å². The number of likely N-dealkylation sites (tertiary alicyclic amines) is 1. The Balaban J connectivity index is 2.14. The molecule has 1 unspecified atom stereocenters. The molecule has 0 bridgehead atoms. The highest BCUT2D eigenvalue weighted by molar-refractivity contribution is 5.20.